The van der Waals surface area contributed by atoms with Crippen molar-refractivity contribution in [1.29, 1.82) is 0 Å². The number of carbonyl (C=O) groups excluding carboxylic acids is 3. The summed E-state index contributed by atoms with van der Waals surface area (Å²) in [6, 6.07) is 0. The quantitative estimate of drug-likeness (QED) is 0.757. The molecule has 1 heterocycles. The second kappa shape index (κ2) is 6.04. The summed E-state index contributed by atoms with van der Waals surface area (Å²) in [5.74, 6) is -0.499. The zero-order chi connectivity index (χ0) is 14.9. The van der Waals surface area contributed by atoms with Crippen LogP contribution in [0.5, 0.6) is 0 Å². The fourth-order valence-electron chi connectivity index (χ4n) is 3.60. The molecule has 2 amide bonds. The summed E-state index contributed by atoms with van der Waals surface area (Å²) in [5.41, 5.74) is 0. The average Bonchev–Trinajstić information content (AvgIpc) is 2.32. The molecule has 2 aliphatic rings. The smallest absolute Gasteiger partial charge is 0.226 e. The van der Waals surface area contributed by atoms with Crippen LogP contribution >= 0.6 is 0 Å². The highest BCUT2D eigenvalue weighted by Crippen LogP contribution is 2.34. The van der Waals surface area contributed by atoms with Crippen molar-refractivity contribution in [2.75, 3.05) is 0 Å². The van der Waals surface area contributed by atoms with Gasteiger partial charge in [-0.05, 0) is 31.1 Å². The SMILES string of the molecule is CC1CC(C)C(=O)[C@H](C(O)CC2CC(=O)NC(=O)C2)C1. The van der Waals surface area contributed by atoms with E-state index in [9.17, 15) is 19.5 Å². The lowest BCUT2D eigenvalue weighted by Gasteiger charge is -2.34. The number of aliphatic hydroxyl groups is 1. The first kappa shape index (κ1) is 15.2. The van der Waals surface area contributed by atoms with Crippen molar-refractivity contribution in [1.82, 2.24) is 5.32 Å². The lowest BCUT2D eigenvalue weighted by atomic mass is 9.71. The van der Waals surface area contributed by atoms with Gasteiger partial charge in [0.2, 0.25) is 11.8 Å². The number of nitrogens with one attached hydrogen (secondary N) is 1. The van der Waals surface area contributed by atoms with Crippen LogP contribution in [0.2, 0.25) is 0 Å². The van der Waals surface area contributed by atoms with Crippen LogP contribution < -0.4 is 5.32 Å². The van der Waals surface area contributed by atoms with Crippen LogP contribution in [-0.2, 0) is 14.4 Å². The summed E-state index contributed by atoms with van der Waals surface area (Å²) in [7, 11) is 0. The molecular weight excluding hydrogens is 258 g/mol. The number of imide groups is 1. The van der Waals surface area contributed by atoms with E-state index in [2.05, 4.69) is 12.2 Å². The van der Waals surface area contributed by atoms with Crippen LogP contribution in [0.15, 0.2) is 0 Å². The van der Waals surface area contributed by atoms with E-state index in [-0.39, 0.29) is 48.2 Å². The molecule has 1 aliphatic carbocycles. The van der Waals surface area contributed by atoms with E-state index in [0.29, 0.717) is 18.8 Å². The van der Waals surface area contributed by atoms with Gasteiger partial charge in [0.25, 0.3) is 0 Å². The number of ketones is 1. The molecule has 0 aromatic heterocycles. The lowest BCUT2D eigenvalue weighted by molar-refractivity contribution is -0.136. The lowest BCUT2D eigenvalue weighted by Crippen LogP contribution is -2.42. The largest absolute Gasteiger partial charge is 0.392 e. The predicted molar refractivity (Wildman–Crippen MR) is 72.6 cm³/mol. The van der Waals surface area contributed by atoms with Gasteiger partial charge < -0.3 is 5.11 Å². The highest BCUT2D eigenvalue weighted by atomic mass is 16.3. The van der Waals surface area contributed by atoms with Gasteiger partial charge in [-0.2, -0.15) is 0 Å². The van der Waals surface area contributed by atoms with Crippen LogP contribution in [0.1, 0.15) is 46.0 Å². The number of amides is 2. The van der Waals surface area contributed by atoms with Gasteiger partial charge in [-0.15, -0.1) is 0 Å². The molecule has 2 N–H and O–H groups in total. The van der Waals surface area contributed by atoms with Crippen LogP contribution in [-0.4, -0.2) is 28.8 Å². The molecule has 0 aromatic rings. The number of carbonyl (C=O) groups is 3. The van der Waals surface area contributed by atoms with Gasteiger partial charge in [0.1, 0.15) is 5.78 Å². The Bertz CT molecular complexity index is 404. The van der Waals surface area contributed by atoms with E-state index in [1.54, 1.807) is 0 Å². The summed E-state index contributed by atoms with van der Waals surface area (Å²) in [6.07, 6.45) is 1.72. The number of aliphatic hydroxyl groups excluding tert-OH is 1. The average molecular weight is 281 g/mol. The number of hydrogen-bond acceptors (Lipinski definition) is 4. The fraction of sp³-hybridized carbons (Fsp3) is 0.800. The van der Waals surface area contributed by atoms with Gasteiger partial charge in [0, 0.05) is 24.7 Å². The molecule has 5 nitrogen and oxygen atoms in total. The number of Topliss-reactive ketones (excluding diaryl/α,β-unsaturated/α-hetero) is 1. The molecule has 4 atom stereocenters. The maximum atomic E-state index is 12.2. The second-order valence-electron chi connectivity index (χ2n) is 6.54. The summed E-state index contributed by atoms with van der Waals surface area (Å²) in [6.45, 7) is 4.01. The first-order valence-corrected chi connectivity index (χ1v) is 7.41. The zero-order valence-corrected chi connectivity index (χ0v) is 12.1. The fourth-order valence-corrected chi connectivity index (χ4v) is 3.60. The molecule has 0 spiro atoms. The molecule has 1 saturated carbocycles. The van der Waals surface area contributed by atoms with Crippen molar-refractivity contribution >= 4 is 17.6 Å². The topological polar surface area (TPSA) is 83.5 Å². The van der Waals surface area contributed by atoms with Gasteiger partial charge in [-0.1, -0.05) is 13.8 Å². The minimum absolute atomic E-state index is 0.00492. The standard InChI is InChI=1S/C15H23NO4/c1-8-3-9(2)15(20)11(4-8)12(17)5-10-6-13(18)16-14(19)7-10/h8-12,17H,3-7H2,1-2H3,(H,16,18,19)/t8?,9?,11-,12?/m0/s1. The molecule has 0 bridgehead atoms. The highest BCUT2D eigenvalue weighted by molar-refractivity contribution is 5.97. The van der Waals surface area contributed by atoms with E-state index in [4.69, 9.17) is 0 Å². The van der Waals surface area contributed by atoms with Gasteiger partial charge in [-0.25, -0.2) is 0 Å². The Morgan fingerprint density at radius 1 is 1.15 bits per heavy atom. The first-order chi connectivity index (χ1) is 9.36. The van der Waals surface area contributed by atoms with Crippen molar-refractivity contribution in [2.45, 2.75) is 52.1 Å². The molecule has 0 radical (unpaired) electrons. The molecule has 20 heavy (non-hydrogen) atoms. The van der Waals surface area contributed by atoms with Gasteiger partial charge >= 0.3 is 0 Å². The molecule has 0 aromatic carbocycles. The van der Waals surface area contributed by atoms with Crippen LogP contribution in [0.25, 0.3) is 0 Å². The van der Waals surface area contributed by atoms with Crippen LogP contribution in [0, 0.1) is 23.7 Å². The highest BCUT2D eigenvalue weighted by Gasteiger charge is 2.38. The van der Waals surface area contributed by atoms with Crippen molar-refractivity contribution in [3.8, 4) is 0 Å². The summed E-state index contributed by atoms with van der Waals surface area (Å²) in [4.78, 5) is 34.8. The Morgan fingerprint density at radius 2 is 1.75 bits per heavy atom. The normalized spacial score (nSPS) is 34.0. The van der Waals surface area contributed by atoms with Crippen LogP contribution in [0.4, 0.5) is 0 Å². The Kier molecular flexibility index (Phi) is 4.58. The van der Waals surface area contributed by atoms with Crippen molar-refractivity contribution in [2.24, 2.45) is 23.7 Å². The van der Waals surface area contributed by atoms with Gasteiger partial charge in [-0.3, -0.25) is 19.7 Å². The van der Waals surface area contributed by atoms with Crippen molar-refractivity contribution in [3.05, 3.63) is 0 Å². The monoisotopic (exact) mass is 281 g/mol. The third-order valence-electron chi connectivity index (χ3n) is 4.53. The molecule has 1 saturated heterocycles. The second-order valence-corrected chi connectivity index (χ2v) is 6.54. The predicted octanol–water partition coefficient (Wildman–Crippen LogP) is 1.04. The van der Waals surface area contributed by atoms with Gasteiger partial charge in [0.05, 0.1) is 6.10 Å². The molecule has 2 fully saturated rings. The van der Waals surface area contributed by atoms with Crippen molar-refractivity contribution in [3.63, 3.8) is 0 Å². The third kappa shape index (κ3) is 3.45. The molecule has 3 unspecified atom stereocenters. The minimum atomic E-state index is -0.739. The van der Waals surface area contributed by atoms with E-state index < -0.39 is 6.10 Å². The minimum Gasteiger partial charge on any atom is -0.392 e. The Labute approximate surface area is 119 Å². The number of piperidine rings is 1. The van der Waals surface area contributed by atoms with Gasteiger partial charge in [0.15, 0.2) is 0 Å². The Hall–Kier alpha value is -1.23. The van der Waals surface area contributed by atoms with E-state index in [1.807, 2.05) is 6.92 Å². The summed E-state index contributed by atoms with van der Waals surface area (Å²) >= 11 is 0. The van der Waals surface area contributed by atoms with E-state index in [1.165, 1.54) is 0 Å². The first-order valence-electron chi connectivity index (χ1n) is 7.41. The molecule has 112 valence electrons. The number of rotatable bonds is 3. The summed E-state index contributed by atoms with van der Waals surface area (Å²) < 4.78 is 0. The molecule has 5 heteroatoms. The molecule has 2 rings (SSSR count). The van der Waals surface area contributed by atoms with E-state index in [0.717, 1.165) is 6.42 Å². The molecular formula is C15H23NO4. The van der Waals surface area contributed by atoms with E-state index >= 15 is 0 Å². The Morgan fingerprint density at radius 3 is 2.35 bits per heavy atom. The molecule has 1 aliphatic heterocycles. The Balaban J connectivity index is 1.96. The third-order valence-corrected chi connectivity index (χ3v) is 4.53. The van der Waals surface area contributed by atoms with Crippen LogP contribution in [0.3, 0.4) is 0 Å². The zero-order valence-electron chi connectivity index (χ0n) is 12.1. The maximum absolute atomic E-state index is 12.2. The number of hydrogen-bond donors (Lipinski definition) is 2. The summed E-state index contributed by atoms with van der Waals surface area (Å²) in [5, 5.41) is 12.6. The maximum Gasteiger partial charge on any atom is 0.226 e. The van der Waals surface area contributed by atoms with Crippen molar-refractivity contribution < 1.29 is 19.5 Å².